The van der Waals surface area contributed by atoms with Crippen molar-refractivity contribution < 1.29 is 9.21 Å². The van der Waals surface area contributed by atoms with Crippen molar-refractivity contribution in [2.45, 2.75) is 26.2 Å². The van der Waals surface area contributed by atoms with Crippen LogP contribution in [0.25, 0.3) is 0 Å². The molecule has 0 N–H and O–H groups in total. The molecule has 0 aromatic carbocycles. The van der Waals surface area contributed by atoms with Gasteiger partial charge >= 0.3 is 0 Å². The smallest absolute Gasteiger partial charge is 0.120 e. The summed E-state index contributed by atoms with van der Waals surface area (Å²) in [5, 5.41) is 0. The minimum atomic E-state index is 0.643. The lowest BCUT2D eigenvalue weighted by Crippen LogP contribution is -1.85. The number of rotatable bonds is 4. The molecule has 0 aliphatic carbocycles. The number of aldehydes is 1. The van der Waals surface area contributed by atoms with Crippen molar-refractivity contribution in [2.75, 3.05) is 0 Å². The van der Waals surface area contributed by atoms with Crippen molar-refractivity contribution in [3.63, 3.8) is 0 Å². The lowest BCUT2D eigenvalue weighted by atomic mass is 10.1. The van der Waals surface area contributed by atoms with E-state index in [1.807, 2.05) is 13.0 Å². The van der Waals surface area contributed by atoms with Gasteiger partial charge in [0.15, 0.2) is 0 Å². The molecule has 0 atom stereocenters. The van der Waals surface area contributed by atoms with Gasteiger partial charge in [-0.1, -0.05) is 0 Å². The Morgan fingerprint density at radius 1 is 1.64 bits per heavy atom. The first-order valence-corrected chi connectivity index (χ1v) is 3.81. The largest absolute Gasteiger partial charge is 0.469 e. The van der Waals surface area contributed by atoms with Gasteiger partial charge < -0.3 is 9.21 Å². The van der Waals surface area contributed by atoms with E-state index in [0.717, 1.165) is 24.9 Å². The minimum Gasteiger partial charge on any atom is -0.469 e. The van der Waals surface area contributed by atoms with Gasteiger partial charge in [0.2, 0.25) is 0 Å². The number of furan rings is 1. The van der Waals surface area contributed by atoms with Crippen LogP contribution < -0.4 is 0 Å². The van der Waals surface area contributed by atoms with E-state index in [1.165, 1.54) is 5.56 Å². The van der Waals surface area contributed by atoms with Crippen LogP contribution in [0.1, 0.15) is 24.2 Å². The molecule has 0 spiro atoms. The second-order valence-electron chi connectivity index (χ2n) is 2.56. The molecule has 0 radical (unpaired) electrons. The molecule has 0 unspecified atom stereocenters. The Morgan fingerprint density at radius 2 is 2.45 bits per heavy atom. The zero-order valence-corrected chi connectivity index (χ0v) is 6.67. The van der Waals surface area contributed by atoms with Gasteiger partial charge in [-0.2, -0.15) is 0 Å². The summed E-state index contributed by atoms with van der Waals surface area (Å²) in [5.41, 5.74) is 1.21. The number of aryl methyl sites for hydroxylation is 2. The summed E-state index contributed by atoms with van der Waals surface area (Å²) in [4.78, 5) is 9.99. The van der Waals surface area contributed by atoms with E-state index in [-0.39, 0.29) is 0 Å². The maximum absolute atomic E-state index is 9.99. The average molecular weight is 152 g/mol. The number of carbonyl (C=O) groups excluding carboxylic acids is 1. The molecule has 1 aromatic heterocycles. The molecular formula is C9H12O2. The third-order valence-electron chi connectivity index (χ3n) is 1.73. The second-order valence-corrected chi connectivity index (χ2v) is 2.56. The van der Waals surface area contributed by atoms with Gasteiger partial charge in [0.1, 0.15) is 12.0 Å². The molecule has 60 valence electrons. The Balaban J connectivity index is 2.38. The van der Waals surface area contributed by atoms with Crippen molar-refractivity contribution in [3.05, 3.63) is 23.7 Å². The van der Waals surface area contributed by atoms with Crippen LogP contribution in [0.5, 0.6) is 0 Å². The van der Waals surface area contributed by atoms with Gasteiger partial charge in [-0.15, -0.1) is 0 Å². The maximum atomic E-state index is 9.99. The Labute approximate surface area is 66.2 Å². The molecule has 11 heavy (non-hydrogen) atoms. The van der Waals surface area contributed by atoms with Crippen LogP contribution in [0, 0.1) is 6.92 Å². The van der Waals surface area contributed by atoms with Gasteiger partial charge in [-0.25, -0.2) is 0 Å². The van der Waals surface area contributed by atoms with Gasteiger partial charge in [-0.3, -0.25) is 0 Å². The molecule has 0 amide bonds. The molecule has 1 rings (SSSR count). The lowest BCUT2D eigenvalue weighted by molar-refractivity contribution is -0.107. The summed E-state index contributed by atoms with van der Waals surface area (Å²) in [5.74, 6) is 0.968. The molecule has 0 fully saturated rings. The molecular weight excluding hydrogens is 140 g/mol. The second kappa shape index (κ2) is 3.96. The quantitative estimate of drug-likeness (QED) is 0.488. The Bertz CT molecular complexity index is 225. The molecule has 2 heteroatoms. The van der Waals surface area contributed by atoms with Crippen LogP contribution in [0.3, 0.4) is 0 Å². The van der Waals surface area contributed by atoms with E-state index in [9.17, 15) is 4.79 Å². The van der Waals surface area contributed by atoms with Crippen LogP contribution in [0.4, 0.5) is 0 Å². The SMILES string of the molecule is Cc1occc1CCCC=O. The van der Waals surface area contributed by atoms with Crippen LogP contribution in [0.15, 0.2) is 16.7 Å². The highest BCUT2D eigenvalue weighted by Gasteiger charge is 1.99. The molecule has 2 nitrogen and oxygen atoms in total. The van der Waals surface area contributed by atoms with Crippen LogP contribution >= 0.6 is 0 Å². The van der Waals surface area contributed by atoms with Gasteiger partial charge in [0.25, 0.3) is 0 Å². The third kappa shape index (κ3) is 2.22. The maximum Gasteiger partial charge on any atom is 0.120 e. The van der Waals surface area contributed by atoms with Crippen molar-refractivity contribution in [2.24, 2.45) is 0 Å². The summed E-state index contributed by atoms with van der Waals surface area (Å²) in [6, 6.07) is 1.96. The first-order valence-electron chi connectivity index (χ1n) is 3.81. The fraction of sp³-hybridized carbons (Fsp3) is 0.444. The highest BCUT2D eigenvalue weighted by molar-refractivity contribution is 5.49. The Kier molecular flexibility index (Phi) is 2.90. The zero-order valence-electron chi connectivity index (χ0n) is 6.67. The monoisotopic (exact) mass is 152 g/mol. The molecule has 0 aliphatic heterocycles. The molecule has 1 aromatic rings. The van der Waals surface area contributed by atoms with E-state index in [1.54, 1.807) is 6.26 Å². The van der Waals surface area contributed by atoms with Crippen molar-refractivity contribution in [1.82, 2.24) is 0 Å². The first-order chi connectivity index (χ1) is 5.34. The van der Waals surface area contributed by atoms with Crippen molar-refractivity contribution >= 4 is 6.29 Å². The standard InChI is InChI=1S/C9H12O2/c1-8-9(5-7-11-8)4-2-3-6-10/h5-7H,2-4H2,1H3. The fourth-order valence-corrected chi connectivity index (χ4v) is 1.05. The molecule has 1 heterocycles. The summed E-state index contributed by atoms with van der Waals surface area (Å²) >= 11 is 0. The Hall–Kier alpha value is -1.05. The molecule has 0 saturated heterocycles. The third-order valence-corrected chi connectivity index (χ3v) is 1.73. The predicted octanol–water partition coefficient (Wildman–Crippen LogP) is 2.11. The van der Waals surface area contributed by atoms with E-state index in [4.69, 9.17) is 4.42 Å². The van der Waals surface area contributed by atoms with Gasteiger partial charge in [0.05, 0.1) is 6.26 Å². The number of hydrogen-bond donors (Lipinski definition) is 0. The van der Waals surface area contributed by atoms with E-state index in [0.29, 0.717) is 6.42 Å². The van der Waals surface area contributed by atoms with Crippen LogP contribution in [-0.4, -0.2) is 6.29 Å². The van der Waals surface area contributed by atoms with Gasteiger partial charge in [-0.05, 0) is 31.4 Å². The van der Waals surface area contributed by atoms with Crippen LogP contribution in [-0.2, 0) is 11.2 Å². The number of hydrogen-bond acceptors (Lipinski definition) is 2. The average Bonchev–Trinajstić information content (AvgIpc) is 2.37. The molecule has 0 saturated carbocycles. The molecule has 0 aliphatic rings. The number of carbonyl (C=O) groups is 1. The van der Waals surface area contributed by atoms with Crippen molar-refractivity contribution in [1.29, 1.82) is 0 Å². The Morgan fingerprint density at radius 3 is 3.00 bits per heavy atom. The summed E-state index contributed by atoms with van der Waals surface area (Å²) < 4.78 is 5.11. The van der Waals surface area contributed by atoms with E-state index < -0.39 is 0 Å². The summed E-state index contributed by atoms with van der Waals surface area (Å²) in [6.07, 6.45) is 5.15. The van der Waals surface area contributed by atoms with E-state index in [2.05, 4.69) is 0 Å². The minimum absolute atomic E-state index is 0.643. The fourth-order valence-electron chi connectivity index (χ4n) is 1.05. The zero-order chi connectivity index (χ0) is 8.10. The lowest BCUT2D eigenvalue weighted by Gasteiger charge is -1.93. The van der Waals surface area contributed by atoms with Crippen molar-refractivity contribution in [3.8, 4) is 0 Å². The normalized spacial score (nSPS) is 9.91. The summed E-state index contributed by atoms with van der Waals surface area (Å²) in [7, 11) is 0. The number of unbranched alkanes of at least 4 members (excludes halogenated alkanes) is 1. The van der Waals surface area contributed by atoms with E-state index >= 15 is 0 Å². The summed E-state index contributed by atoms with van der Waals surface area (Å²) in [6.45, 7) is 1.94. The highest BCUT2D eigenvalue weighted by Crippen LogP contribution is 2.11. The van der Waals surface area contributed by atoms with Crippen LogP contribution in [0.2, 0.25) is 0 Å². The van der Waals surface area contributed by atoms with Gasteiger partial charge in [0, 0.05) is 6.42 Å². The highest BCUT2D eigenvalue weighted by atomic mass is 16.3. The first kappa shape index (κ1) is 8.05. The topological polar surface area (TPSA) is 30.2 Å². The predicted molar refractivity (Wildman–Crippen MR) is 42.4 cm³/mol. The molecule has 0 bridgehead atoms.